The Morgan fingerprint density at radius 3 is 2.40 bits per heavy atom. The van der Waals surface area contributed by atoms with Crippen LogP contribution in [0, 0.1) is 11.8 Å². The lowest BCUT2D eigenvalue weighted by Crippen LogP contribution is -2.51. The van der Waals surface area contributed by atoms with Crippen LogP contribution < -0.4 is 10.1 Å². The molecule has 42 heavy (non-hydrogen) atoms. The van der Waals surface area contributed by atoms with E-state index in [4.69, 9.17) is 4.74 Å². The van der Waals surface area contributed by atoms with Crippen molar-refractivity contribution in [2.75, 3.05) is 20.1 Å². The number of aromatic nitrogens is 2. The Kier molecular flexibility index (Phi) is 7.69. The minimum atomic E-state index is -0.645. The summed E-state index contributed by atoms with van der Waals surface area (Å²) in [6.07, 6.45) is 8.42. The number of amides is 4. The van der Waals surface area contributed by atoms with E-state index in [0.717, 1.165) is 24.0 Å². The number of nitrogens with one attached hydrogen (secondary N) is 1. The SMILES string of the molecule is CNC(=O)[C@H]1CCCC[C@H]1C(=O)N1CCc2cccc(OCc3cnccn3)c2[C@H]1CN1C(=O)c2ccccc2C1=O. The number of ether oxygens (including phenoxy) is 1. The number of carbonyl (C=O) groups is 4. The highest BCUT2D eigenvalue weighted by Gasteiger charge is 2.45. The minimum absolute atomic E-state index is 0.0199. The second kappa shape index (κ2) is 11.7. The number of fused-ring (bicyclic) bond motifs is 2. The quantitative estimate of drug-likeness (QED) is 0.435. The molecule has 0 unspecified atom stereocenters. The van der Waals surface area contributed by atoms with Crippen LogP contribution in [0.5, 0.6) is 5.75 Å². The highest BCUT2D eigenvalue weighted by molar-refractivity contribution is 6.21. The van der Waals surface area contributed by atoms with Crippen LogP contribution in [0.4, 0.5) is 0 Å². The Bertz CT molecular complexity index is 1490. The van der Waals surface area contributed by atoms with Crippen molar-refractivity contribution in [2.45, 2.75) is 44.8 Å². The van der Waals surface area contributed by atoms with Crippen molar-refractivity contribution in [1.82, 2.24) is 25.1 Å². The molecule has 0 bridgehead atoms. The molecule has 3 heterocycles. The second-order valence-electron chi connectivity index (χ2n) is 11.0. The first kappa shape index (κ1) is 27.6. The summed E-state index contributed by atoms with van der Waals surface area (Å²) in [5, 5.41) is 2.73. The van der Waals surface area contributed by atoms with E-state index in [1.54, 1.807) is 54.8 Å². The van der Waals surface area contributed by atoms with Crippen LogP contribution in [0.15, 0.2) is 61.1 Å². The Balaban J connectivity index is 1.38. The molecular weight excluding hydrogens is 534 g/mol. The first-order chi connectivity index (χ1) is 20.5. The molecule has 6 rings (SSSR count). The molecule has 10 heteroatoms. The van der Waals surface area contributed by atoms with Gasteiger partial charge in [-0.3, -0.25) is 34.0 Å². The lowest BCUT2D eigenvalue weighted by molar-refractivity contribution is -0.146. The summed E-state index contributed by atoms with van der Waals surface area (Å²) in [6.45, 7) is 0.553. The standard InChI is InChI=1S/C32H33N5O5/c1-33-29(38)22-8-2-3-9-23(22)30(39)36-16-13-20-7-6-12-27(42-19-21-17-34-14-15-35-21)28(20)26(36)18-37-31(40)24-10-4-5-11-25(24)32(37)41/h4-7,10-12,14-15,17,22-23,26H,2-3,8-9,13,16,18-19H2,1H3,(H,33,38)/t22-,23+,26+/m0/s1. The normalized spacial score (nSPS) is 21.5. The summed E-state index contributed by atoms with van der Waals surface area (Å²) in [5.41, 5.74) is 3.12. The van der Waals surface area contributed by atoms with Crippen LogP contribution in [-0.4, -0.2) is 63.5 Å². The van der Waals surface area contributed by atoms with Crippen molar-refractivity contribution in [2.24, 2.45) is 11.8 Å². The van der Waals surface area contributed by atoms with E-state index in [1.165, 1.54) is 4.90 Å². The van der Waals surface area contributed by atoms with Crippen LogP contribution in [0.2, 0.25) is 0 Å². The van der Waals surface area contributed by atoms with Gasteiger partial charge in [0.25, 0.3) is 11.8 Å². The molecule has 4 amide bonds. The topological polar surface area (TPSA) is 122 Å². The van der Waals surface area contributed by atoms with Crippen molar-refractivity contribution < 1.29 is 23.9 Å². The molecule has 1 saturated carbocycles. The summed E-state index contributed by atoms with van der Waals surface area (Å²) in [6, 6.07) is 11.9. The average molecular weight is 568 g/mol. The van der Waals surface area contributed by atoms with Crippen LogP contribution in [0.3, 0.4) is 0 Å². The maximum Gasteiger partial charge on any atom is 0.261 e. The van der Waals surface area contributed by atoms with Crippen molar-refractivity contribution in [1.29, 1.82) is 0 Å². The number of hydrogen-bond acceptors (Lipinski definition) is 7. The fourth-order valence-electron chi connectivity index (χ4n) is 6.59. The molecule has 0 spiro atoms. The summed E-state index contributed by atoms with van der Waals surface area (Å²) >= 11 is 0. The maximum atomic E-state index is 14.3. The number of carbonyl (C=O) groups excluding carboxylic acids is 4. The Morgan fingerprint density at radius 1 is 0.976 bits per heavy atom. The smallest absolute Gasteiger partial charge is 0.261 e. The first-order valence-corrected chi connectivity index (χ1v) is 14.4. The Hall–Kier alpha value is -4.60. The number of hydrogen-bond donors (Lipinski definition) is 1. The Labute approximate surface area is 244 Å². The van der Waals surface area contributed by atoms with Crippen LogP contribution in [0.25, 0.3) is 0 Å². The molecule has 216 valence electrons. The molecule has 1 N–H and O–H groups in total. The molecule has 1 aromatic heterocycles. The second-order valence-corrected chi connectivity index (χ2v) is 11.0. The van der Waals surface area contributed by atoms with Gasteiger partial charge in [0, 0.05) is 43.4 Å². The zero-order valence-corrected chi connectivity index (χ0v) is 23.5. The van der Waals surface area contributed by atoms with Crippen LogP contribution in [0.1, 0.15) is 69.3 Å². The largest absolute Gasteiger partial charge is 0.487 e. The molecular formula is C32H33N5O5. The van der Waals surface area contributed by atoms with Gasteiger partial charge in [0.05, 0.1) is 35.6 Å². The summed E-state index contributed by atoms with van der Waals surface area (Å²) in [7, 11) is 1.60. The molecule has 10 nitrogen and oxygen atoms in total. The summed E-state index contributed by atoms with van der Waals surface area (Å²) in [5.74, 6) is -1.35. The van der Waals surface area contributed by atoms with Gasteiger partial charge in [0.2, 0.25) is 11.8 Å². The van der Waals surface area contributed by atoms with Gasteiger partial charge in [-0.15, -0.1) is 0 Å². The third-order valence-electron chi connectivity index (χ3n) is 8.66. The van der Waals surface area contributed by atoms with E-state index < -0.39 is 17.9 Å². The van der Waals surface area contributed by atoms with Crippen molar-refractivity contribution in [3.63, 3.8) is 0 Å². The maximum absolute atomic E-state index is 14.3. The van der Waals surface area contributed by atoms with Crippen molar-refractivity contribution in [3.8, 4) is 5.75 Å². The monoisotopic (exact) mass is 567 g/mol. The number of benzene rings is 2. The van der Waals surface area contributed by atoms with E-state index in [1.807, 2.05) is 18.2 Å². The number of imide groups is 1. The van der Waals surface area contributed by atoms with E-state index in [0.29, 0.717) is 48.4 Å². The Morgan fingerprint density at radius 2 is 1.71 bits per heavy atom. The van der Waals surface area contributed by atoms with Gasteiger partial charge in [-0.1, -0.05) is 37.1 Å². The van der Waals surface area contributed by atoms with E-state index in [2.05, 4.69) is 15.3 Å². The molecule has 3 aromatic rings. The predicted octanol–water partition coefficient (Wildman–Crippen LogP) is 3.33. The highest BCUT2D eigenvalue weighted by Crippen LogP contribution is 2.41. The lowest BCUT2D eigenvalue weighted by atomic mass is 9.77. The molecule has 3 aliphatic rings. The molecule has 1 fully saturated rings. The zero-order chi connectivity index (χ0) is 29.2. The summed E-state index contributed by atoms with van der Waals surface area (Å²) in [4.78, 5) is 65.5. The third kappa shape index (κ3) is 5.01. The number of rotatable bonds is 7. The summed E-state index contributed by atoms with van der Waals surface area (Å²) < 4.78 is 6.26. The minimum Gasteiger partial charge on any atom is -0.487 e. The third-order valence-corrected chi connectivity index (χ3v) is 8.66. The zero-order valence-electron chi connectivity index (χ0n) is 23.5. The van der Waals surface area contributed by atoms with Gasteiger partial charge >= 0.3 is 0 Å². The molecule has 0 saturated heterocycles. The molecule has 2 aliphatic heterocycles. The molecule has 3 atom stereocenters. The first-order valence-electron chi connectivity index (χ1n) is 14.4. The lowest BCUT2D eigenvalue weighted by Gasteiger charge is -2.42. The van der Waals surface area contributed by atoms with Gasteiger partial charge in [0.15, 0.2) is 0 Å². The van der Waals surface area contributed by atoms with Gasteiger partial charge in [-0.25, -0.2) is 0 Å². The van der Waals surface area contributed by atoms with Gasteiger partial charge < -0.3 is 15.0 Å². The van der Waals surface area contributed by atoms with Crippen LogP contribution in [-0.2, 0) is 22.6 Å². The predicted molar refractivity (Wildman–Crippen MR) is 152 cm³/mol. The van der Waals surface area contributed by atoms with E-state index >= 15 is 0 Å². The highest BCUT2D eigenvalue weighted by atomic mass is 16.5. The van der Waals surface area contributed by atoms with Crippen molar-refractivity contribution in [3.05, 3.63) is 89.0 Å². The average Bonchev–Trinajstić information content (AvgIpc) is 3.28. The van der Waals surface area contributed by atoms with Crippen molar-refractivity contribution >= 4 is 23.6 Å². The van der Waals surface area contributed by atoms with Gasteiger partial charge in [-0.05, 0) is 43.0 Å². The fraction of sp³-hybridized carbons (Fsp3) is 0.375. The van der Waals surface area contributed by atoms with Gasteiger partial charge in [-0.2, -0.15) is 0 Å². The molecule has 0 radical (unpaired) electrons. The molecule has 1 aliphatic carbocycles. The van der Waals surface area contributed by atoms with E-state index in [-0.39, 0.29) is 36.8 Å². The van der Waals surface area contributed by atoms with E-state index in [9.17, 15) is 19.2 Å². The molecule has 2 aromatic carbocycles. The van der Waals surface area contributed by atoms with Gasteiger partial charge in [0.1, 0.15) is 12.4 Å². The fourth-order valence-corrected chi connectivity index (χ4v) is 6.59. The number of nitrogens with zero attached hydrogens (tertiary/aromatic N) is 4. The van der Waals surface area contributed by atoms with Crippen LogP contribution >= 0.6 is 0 Å².